The lowest BCUT2D eigenvalue weighted by molar-refractivity contribution is -0.112. The number of methoxy groups -OCH3 is 1. The number of benzene rings is 2. The van der Waals surface area contributed by atoms with Gasteiger partial charge in [0.15, 0.2) is 0 Å². The normalized spacial score (nSPS) is 18.0. The number of hydrogen-bond acceptors (Lipinski definition) is 5. The van der Waals surface area contributed by atoms with Gasteiger partial charge in [0, 0.05) is 44.4 Å². The number of allylic oxidation sites excluding steroid dienone is 1. The molecule has 0 spiro atoms. The maximum absolute atomic E-state index is 13.5. The molecule has 6 N–H and O–H groups in total. The van der Waals surface area contributed by atoms with Crippen molar-refractivity contribution >= 4 is 29.0 Å². The number of hydrogen-bond donors (Lipinski definition) is 4. The fourth-order valence-electron chi connectivity index (χ4n) is 4.40. The predicted octanol–water partition coefficient (Wildman–Crippen LogP) is 4.85. The van der Waals surface area contributed by atoms with Crippen molar-refractivity contribution in [3.05, 3.63) is 82.5 Å². The van der Waals surface area contributed by atoms with Crippen molar-refractivity contribution in [3.8, 4) is 11.1 Å². The van der Waals surface area contributed by atoms with Gasteiger partial charge in [0.2, 0.25) is 0 Å². The lowest BCUT2D eigenvalue weighted by Gasteiger charge is -2.17. The van der Waals surface area contributed by atoms with E-state index in [1.807, 2.05) is 6.20 Å². The molecule has 1 aromatic heterocycles. The molecule has 0 aliphatic heterocycles. The van der Waals surface area contributed by atoms with Crippen LogP contribution < -0.4 is 16.8 Å². The zero-order valence-corrected chi connectivity index (χ0v) is 21.8. The average molecular weight is 527 g/mol. The molecule has 2 aromatic carbocycles. The standard InChI is InChI=1S/C25H26ClFN6O.C2H6O/c1-30-24(29)22(25(34)33-19-8-9-21(27)20(26)11-19)23(28)17-7-6-16(10-17)14-2-4-15(5-3-14)18-12-31-32-13-18;1-3-2/h2-5,8-9,11-13,16-17H,6-7,10,28H2,1H3,(H2,29,30)(H,31,32)(H,33,34);1-2H3/b23-22+;. The number of nitrogens with zero attached hydrogens (tertiary/aromatic N) is 2. The van der Waals surface area contributed by atoms with E-state index >= 15 is 0 Å². The fraction of sp³-hybridized carbons (Fsp3) is 0.296. The van der Waals surface area contributed by atoms with Crippen LogP contribution in [0.1, 0.15) is 30.7 Å². The molecule has 2 atom stereocenters. The fourth-order valence-corrected chi connectivity index (χ4v) is 4.58. The summed E-state index contributed by atoms with van der Waals surface area (Å²) in [5.74, 6) is -0.718. The summed E-state index contributed by atoms with van der Waals surface area (Å²) in [6, 6.07) is 12.4. The number of carbonyl (C=O) groups excluding carboxylic acids is 1. The first-order valence-corrected chi connectivity index (χ1v) is 12.1. The van der Waals surface area contributed by atoms with E-state index in [1.54, 1.807) is 20.4 Å². The maximum Gasteiger partial charge on any atom is 0.261 e. The molecule has 196 valence electrons. The molecule has 8 nitrogen and oxygen atoms in total. The van der Waals surface area contributed by atoms with Crippen LogP contribution in [0.15, 0.2) is 71.1 Å². The Morgan fingerprint density at radius 1 is 1.16 bits per heavy atom. The number of carbonyl (C=O) groups is 1. The first-order chi connectivity index (χ1) is 17.8. The van der Waals surface area contributed by atoms with Crippen molar-refractivity contribution in [2.45, 2.75) is 25.2 Å². The van der Waals surface area contributed by atoms with Gasteiger partial charge in [-0.25, -0.2) is 4.39 Å². The maximum atomic E-state index is 13.5. The third kappa shape index (κ3) is 6.96. The van der Waals surface area contributed by atoms with E-state index in [0.717, 1.165) is 30.4 Å². The van der Waals surface area contributed by atoms with Gasteiger partial charge >= 0.3 is 0 Å². The molecule has 1 aliphatic carbocycles. The van der Waals surface area contributed by atoms with Gasteiger partial charge in [-0.2, -0.15) is 5.10 Å². The smallest absolute Gasteiger partial charge is 0.261 e. The van der Waals surface area contributed by atoms with E-state index in [4.69, 9.17) is 23.1 Å². The highest BCUT2D eigenvalue weighted by Crippen LogP contribution is 2.41. The topological polar surface area (TPSA) is 131 Å². The number of nitrogens with one attached hydrogen (secondary N) is 2. The second-order valence-corrected chi connectivity index (χ2v) is 9.15. The molecule has 37 heavy (non-hydrogen) atoms. The Kier molecular flexibility index (Phi) is 9.82. The molecular formula is C27H32ClFN6O2. The van der Waals surface area contributed by atoms with Crippen molar-refractivity contribution < 1.29 is 13.9 Å². The van der Waals surface area contributed by atoms with Gasteiger partial charge in [-0.3, -0.25) is 14.9 Å². The first-order valence-electron chi connectivity index (χ1n) is 11.8. The number of H-pyrrole nitrogens is 1. The van der Waals surface area contributed by atoms with E-state index in [-0.39, 0.29) is 22.3 Å². The van der Waals surface area contributed by atoms with Crippen LogP contribution in [0, 0.1) is 11.7 Å². The highest BCUT2D eigenvalue weighted by molar-refractivity contribution is 6.31. The number of halogens is 2. The molecule has 0 saturated heterocycles. The van der Waals surface area contributed by atoms with E-state index < -0.39 is 11.7 Å². The molecule has 0 bridgehead atoms. The first kappa shape index (κ1) is 27.9. The van der Waals surface area contributed by atoms with Crippen LogP contribution >= 0.6 is 11.6 Å². The summed E-state index contributed by atoms with van der Waals surface area (Å²) in [6.07, 6.45) is 6.22. The van der Waals surface area contributed by atoms with E-state index in [1.165, 1.54) is 30.8 Å². The molecule has 2 unspecified atom stereocenters. The number of aliphatic imine (C=N–C) groups is 1. The molecule has 4 rings (SSSR count). The largest absolute Gasteiger partial charge is 0.401 e. The molecule has 1 saturated carbocycles. The molecule has 3 aromatic rings. The second kappa shape index (κ2) is 13.0. The van der Waals surface area contributed by atoms with E-state index in [0.29, 0.717) is 17.3 Å². The Morgan fingerprint density at radius 3 is 2.46 bits per heavy atom. The number of amides is 1. The van der Waals surface area contributed by atoms with Gasteiger partial charge < -0.3 is 21.5 Å². The summed E-state index contributed by atoms with van der Waals surface area (Å²) in [6.45, 7) is 0. The molecule has 10 heteroatoms. The van der Waals surface area contributed by atoms with Crippen molar-refractivity contribution in [1.29, 1.82) is 0 Å². The Hall–Kier alpha value is -3.69. The van der Waals surface area contributed by atoms with Gasteiger partial charge in [0.05, 0.1) is 11.2 Å². The molecule has 1 aliphatic rings. The van der Waals surface area contributed by atoms with Crippen LogP contribution in [-0.2, 0) is 9.53 Å². The summed E-state index contributed by atoms with van der Waals surface area (Å²) in [5, 5.41) is 9.42. The number of aromatic amines is 1. The number of rotatable bonds is 6. The lowest BCUT2D eigenvalue weighted by atomic mass is 9.92. The predicted molar refractivity (Wildman–Crippen MR) is 146 cm³/mol. The SMILES string of the molecule is CN=C(N)/C(C(=O)Nc1ccc(F)c(Cl)c1)=C(\N)C1CCC(c2ccc(-c3cn[nH]c3)cc2)C1.COC. The lowest BCUT2D eigenvalue weighted by Crippen LogP contribution is -2.31. The summed E-state index contributed by atoms with van der Waals surface area (Å²) >= 11 is 5.83. The summed E-state index contributed by atoms with van der Waals surface area (Å²) in [5.41, 5.74) is 16.8. The summed E-state index contributed by atoms with van der Waals surface area (Å²) in [4.78, 5) is 17.0. The van der Waals surface area contributed by atoms with Gasteiger partial charge in [-0.05, 0) is 60.4 Å². The van der Waals surface area contributed by atoms with Crippen molar-refractivity contribution in [2.75, 3.05) is 26.6 Å². The third-order valence-corrected chi connectivity index (χ3v) is 6.57. The summed E-state index contributed by atoms with van der Waals surface area (Å²) < 4.78 is 17.7. The molecule has 0 radical (unpaired) electrons. The number of aromatic nitrogens is 2. The number of anilines is 1. The Morgan fingerprint density at radius 2 is 1.86 bits per heavy atom. The van der Waals surface area contributed by atoms with Crippen molar-refractivity contribution in [2.24, 2.45) is 22.4 Å². The zero-order chi connectivity index (χ0) is 26.9. The minimum absolute atomic E-state index is 0.0172. The highest BCUT2D eigenvalue weighted by atomic mass is 35.5. The van der Waals surface area contributed by atoms with Crippen LogP contribution in [0.5, 0.6) is 0 Å². The van der Waals surface area contributed by atoms with Gasteiger partial charge in [-0.1, -0.05) is 35.9 Å². The number of nitrogens with two attached hydrogens (primary N) is 2. The Bertz CT molecular complexity index is 1260. The monoisotopic (exact) mass is 526 g/mol. The highest BCUT2D eigenvalue weighted by Gasteiger charge is 2.31. The quantitative estimate of drug-likeness (QED) is 0.207. The minimum atomic E-state index is -0.570. The third-order valence-electron chi connectivity index (χ3n) is 6.28. The number of amidine groups is 1. The molecular weight excluding hydrogens is 495 g/mol. The van der Waals surface area contributed by atoms with Crippen LogP contribution in [0.3, 0.4) is 0 Å². The minimum Gasteiger partial charge on any atom is -0.401 e. The van der Waals surface area contributed by atoms with Gasteiger partial charge in [0.1, 0.15) is 17.2 Å². The molecule has 1 fully saturated rings. The molecule has 1 heterocycles. The van der Waals surface area contributed by atoms with Crippen LogP contribution in [-0.4, -0.2) is 43.2 Å². The van der Waals surface area contributed by atoms with Gasteiger partial charge in [-0.15, -0.1) is 0 Å². The van der Waals surface area contributed by atoms with Gasteiger partial charge in [0.25, 0.3) is 5.91 Å². The Balaban J connectivity index is 0.00000121. The van der Waals surface area contributed by atoms with E-state index in [9.17, 15) is 9.18 Å². The van der Waals surface area contributed by atoms with Crippen molar-refractivity contribution in [3.63, 3.8) is 0 Å². The average Bonchev–Trinajstić information content (AvgIpc) is 3.60. The molecule has 1 amide bonds. The second-order valence-electron chi connectivity index (χ2n) is 8.75. The number of ether oxygens (including phenoxy) is 1. The summed E-state index contributed by atoms with van der Waals surface area (Å²) in [7, 11) is 4.75. The Labute approximate surface area is 221 Å². The van der Waals surface area contributed by atoms with Crippen molar-refractivity contribution in [1.82, 2.24) is 10.2 Å². The van der Waals surface area contributed by atoms with Crippen LogP contribution in [0.4, 0.5) is 10.1 Å². The van der Waals surface area contributed by atoms with Crippen LogP contribution in [0.25, 0.3) is 11.1 Å². The van der Waals surface area contributed by atoms with E-state index in [2.05, 4.69) is 49.5 Å². The van der Waals surface area contributed by atoms with Crippen LogP contribution in [0.2, 0.25) is 5.02 Å². The zero-order valence-electron chi connectivity index (χ0n) is 21.1.